The number of carbonyl (C=O) groups excluding carboxylic acids is 2. The van der Waals surface area contributed by atoms with Gasteiger partial charge in [-0.1, -0.05) is 48.0 Å². The van der Waals surface area contributed by atoms with Gasteiger partial charge in [0.15, 0.2) is 0 Å². The molecule has 0 saturated carbocycles. The zero-order chi connectivity index (χ0) is 22.1. The van der Waals surface area contributed by atoms with Gasteiger partial charge >= 0.3 is 0 Å². The smallest absolute Gasteiger partial charge is 0.295 e. The minimum absolute atomic E-state index is 0.0489. The van der Waals surface area contributed by atoms with Crippen LogP contribution in [0, 0.1) is 19.8 Å². The van der Waals surface area contributed by atoms with E-state index in [1.807, 2.05) is 61.5 Å². The van der Waals surface area contributed by atoms with E-state index in [-0.39, 0.29) is 29.5 Å². The fraction of sp³-hybridized carbons (Fsp3) is 0.292. The maximum Gasteiger partial charge on any atom is 0.295 e. The molecule has 0 radical (unpaired) electrons. The van der Waals surface area contributed by atoms with Crippen molar-refractivity contribution in [2.45, 2.75) is 26.8 Å². The van der Waals surface area contributed by atoms with Gasteiger partial charge in [0.05, 0.1) is 17.3 Å². The first-order chi connectivity index (χ1) is 14.8. The molecule has 1 atom stereocenters. The van der Waals surface area contributed by atoms with Gasteiger partial charge in [0, 0.05) is 26.6 Å². The van der Waals surface area contributed by atoms with Gasteiger partial charge in [0.2, 0.25) is 11.8 Å². The third-order valence-electron chi connectivity index (χ3n) is 5.88. The number of aromatic nitrogens is 2. The van der Waals surface area contributed by atoms with Crippen molar-refractivity contribution in [2.75, 3.05) is 11.9 Å². The molecule has 2 heterocycles. The Morgan fingerprint density at radius 1 is 1.03 bits per heavy atom. The molecule has 2 aromatic carbocycles. The Hall–Kier alpha value is -3.61. The Morgan fingerprint density at radius 2 is 1.71 bits per heavy atom. The molecule has 0 bridgehead atoms. The van der Waals surface area contributed by atoms with E-state index in [1.54, 1.807) is 23.6 Å². The lowest BCUT2D eigenvalue weighted by molar-refractivity contribution is -0.128. The maximum absolute atomic E-state index is 13.0. The number of carbonyl (C=O) groups is 2. The minimum atomic E-state index is -0.484. The molecule has 7 nitrogen and oxygen atoms in total. The van der Waals surface area contributed by atoms with Crippen molar-refractivity contribution < 1.29 is 9.59 Å². The minimum Gasteiger partial charge on any atom is -0.338 e. The largest absolute Gasteiger partial charge is 0.338 e. The fourth-order valence-corrected chi connectivity index (χ4v) is 3.95. The number of nitrogens with zero attached hydrogens (tertiary/aromatic N) is 3. The lowest BCUT2D eigenvalue weighted by Crippen LogP contribution is -2.29. The van der Waals surface area contributed by atoms with Crippen LogP contribution in [0.4, 0.5) is 5.69 Å². The normalized spacial score (nSPS) is 16.0. The van der Waals surface area contributed by atoms with Crippen molar-refractivity contribution in [2.24, 2.45) is 13.0 Å². The van der Waals surface area contributed by atoms with Crippen LogP contribution in [0.1, 0.15) is 23.2 Å². The Labute approximate surface area is 180 Å². The zero-order valence-corrected chi connectivity index (χ0v) is 18.0. The summed E-state index contributed by atoms with van der Waals surface area (Å²) in [6, 6.07) is 17.3. The molecule has 31 heavy (non-hydrogen) atoms. The van der Waals surface area contributed by atoms with Gasteiger partial charge in [-0.05, 0) is 31.5 Å². The molecule has 1 fully saturated rings. The first-order valence-corrected chi connectivity index (χ1v) is 10.3. The molecule has 1 saturated heterocycles. The molecule has 1 N–H and O–H groups in total. The second-order valence-electron chi connectivity index (χ2n) is 8.09. The molecular formula is C24H26N4O3. The number of benzene rings is 2. The van der Waals surface area contributed by atoms with Crippen molar-refractivity contribution in [3.05, 3.63) is 81.8 Å². The average Bonchev–Trinajstić information content (AvgIpc) is 3.23. The summed E-state index contributed by atoms with van der Waals surface area (Å²) in [6.07, 6.45) is 0.149. The third kappa shape index (κ3) is 4.03. The summed E-state index contributed by atoms with van der Waals surface area (Å²) in [6.45, 7) is 4.63. The van der Waals surface area contributed by atoms with E-state index in [0.717, 1.165) is 16.8 Å². The van der Waals surface area contributed by atoms with Crippen LogP contribution in [0.25, 0.3) is 5.69 Å². The SMILES string of the molecule is Cc1ccc(CN2CC(C(=O)Nc3c(C)n(C)n(-c4ccccc4)c3=O)CC2=O)cc1. The molecule has 2 amide bonds. The van der Waals surface area contributed by atoms with Crippen molar-refractivity contribution >= 4 is 17.5 Å². The predicted molar refractivity (Wildman–Crippen MR) is 119 cm³/mol. The van der Waals surface area contributed by atoms with Crippen molar-refractivity contribution in [1.82, 2.24) is 14.3 Å². The molecule has 1 aliphatic rings. The highest BCUT2D eigenvalue weighted by Crippen LogP contribution is 2.23. The summed E-state index contributed by atoms with van der Waals surface area (Å²) in [5, 5.41) is 2.79. The second kappa shape index (κ2) is 8.26. The molecule has 1 aliphatic heterocycles. The third-order valence-corrected chi connectivity index (χ3v) is 5.88. The number of aryl methyl sites for hydroxylation is 1. The van der Waals surface area contributed by atoms with E-state index >= 15 is 0 Å². The molecule has 0 spiro atoms. The summed E-state index contributed by atoms with van der Waals surface area (Å²) in [5.74, 6) is -0.833. The van der Waals surface area contributed by atoms with Crippen LogP contribution in [-0.2, 0) is 23.2 Å². The summed E-state index contributed by atoms with van der Waals surface area (Å²) < 4.78 is 3.24. The average molecular weight is 418 g/mol. The molecule has 0 aliphatic carbocycles. The van der Waals surface area contributed by atoms with Gasteiger partial charge in [0.25, 0.3) is 5.56 Å². The lowest BCUT2D eigenvalue weighted by Gasteiger charge is -2.16. The van der Waals surface area contributed by atoms with E-state index in [9.17, 15) is 14.4 Å². The fourth-order valence-electron chi connectivity index (χ4n) is 3.95. The van der Waals surface area contributed by atoms with Gasteiger partial charge in [-0.25, -0.2) is 4.68 Å². The van der Waals surface area contributed by atoms with Crippen LogP contribution < -0.4 is 10.9 Å². The topological polar surface area (TPSA) is 76.3 Å². The zero-order valence-electron chi connectivity index (χ0n) is 18.0. The molecule has 1 aromatic heterocycles. The lowest BCUT2D eigenvalue weighted by atomic mass is 10.1. The highest BCUT2D eigenvalue weighted by atomic mass is 16.2. The van der Waals surface area contributed by atoms with Crippen LogP contribution in [0.2, 0.25) is 0 Å². The standard InChI is InChI=1S/C24H26N4O3/c1-16-9-11-18(12-10-16)14-27-15-19(13-21(27)29)23(30)25-22-17(2)26(3)28(24(22)31)20-7-5-4-6-8-20/h4-12,19H,13-15H2,1-3H3,(H,25,30). The van der Waals surface area contributed by atoms with E-state index in [0.29, 0.717) is 18.8 Å². The number of anilines is 1. The maximum atomic E-state index is 13.0. The highest BCUT2D eigenvalue weighted by Gasteiger charge is 2.35. The van der Waals surface area contributed by atoms with E-state index in [4.69, 9.17) is 0 Å². The van der Waals surface area contributed by atoms with E-state index in [1.165, 1.54) is 4.68 Å². The van der Waals surface area contributed by atoms with Crippen LogP contribution in [0.5, 0.6) is 0 Å². The quantitative estimate of drug-likeness (QED) is 0.692. The highest BCUT2D eigenvalue weighted by molar-refractivity contribution is 5.97. The van der Waals surface area contributed by atoms with Gasteiger partial charge in [-0.2, -0.15) is 0 Å². The summed E-state index contributed by atoms with van der Waals surface area (Å²) >= 11 is 0. The number of rotatable bonds is 5. The number of hydrogen-bond acceptors (Lipinski definition) is 3. The monoisotopic (exact) mass is 418 g/mol. The van der Waals surface area contributed by atoms with Gasteiger partial charge in [0.1, 0.15) is 5.69 Å². The molecule has 160 valence electrons. The molecule has 1 unspecified atom stereocenters. The summed E-state index contributed by atoms with van der Waals surface area (Å²) in [4.78, 5) is 40.1. The molecule has 7 heteroatoms. The van der Waals surface area contributed by atoms with Crippen molar-refractivity contribution in [3.63, 3.8) is 0 Å². The van der Waals surface area contributed by atoms with Gasteiger partial charge in [-0.15, -0.1) is 0 Å². The summed E-state index contributed by atoms with van der Waals surface area (Å²) in [7, 11) is 1.78. The molecule has 4 rings (SSSR count). The van der Waals surface area contributed by atoms with Gasteiger partial charge in [-0.3, -0.25) is 19.1 Å². The number of para-hydroxylation sites is 1. The Morgan fingerprint density at radius 3 is 2.39 bits per heavy atom. The Bertz CT molecular complexity index is 1180. The van der Waals surface area contributed by atoms with Crippen LogP contribution in [-0.4, -0.2) is 32.6 Å². The van der Waals surface area contributed by atoms with Crippen LogP contribution in [0.15, 0.2) is 59.4 Å². The molecule has 3 aromatic rings. The first-order valence-electron chi connectivity index (χ1n) is 10.3. The second-order valence-corrected chi connectivity index (χ2v) is 8.09. The number of hydrogen-bond donors (Lipinski definition) is 1. The predicted octanol–water partition coefficient (Wildman–Crippen LogP) is 2.78. The van der Waals surface area contributed by atoms with Crippen LogP contribution in [0.3, 0.4) is 0 Å². The number of nitrogens with one attached hydrogen (secondary N) is 1. The Balaban J connectivity index is 1.49. The number of likely N-dealkylation sites (tertiary alicyclic amines) is 1. The van der Waals surface area contributed by atoms with Crippen LogP contribution >= 0.6 is 0 Å². The Kier molecular flexibility index (Phi) is 5.50. The van der Waals surface area contributed by atoms with Gasteiger partial charge < -0.3 is 10.2 Å². The van der Waals surface area contributed by atoms with Crippen molar-refractivity contribution in [1.29, 1.82) is 0 Å². The van der Waals surface area contributed by atoms with E-state index < -0.39 is 5.92 Å². The number of amides is 2. The van der Waals surface area contributed by atoms with E-state index in [2.05, 4.69) is 5.32 Å². The molecular weight excluding hydrogens is 392 g/mol. The first kappa shape index (κ1) is 20.7. The summed E-state index contributed by atoms with van der Waals surface area (Å²) in [5.41, 5.74) is 3.53. The van der Waals surface area contributed by atoms with Crippen molar-refractivity contribution in [3.8, 4) is 5.69 Å².